The summed E-state index contributed by atoms with van der Waals surface area (Å²) in [5.74, 6) is 0. The first-order chi connectivity index (χ1) is 7.22. The zero-order chi connectivity index (χ0) is 10.8. The third-order valence-electron chi connectivity index (χ3n) is 2.68. The van der Waals surface area contributed by atoms with Crippen molar-refractivity contribution in [2.45, 2.75) is 6.42 Å². The number of aryl methyl sites for hydroxylation is 1. The molecule has 0 atom stereocenters. The van der Waals surface area contributed by atoms with Gasteiger partial charge in [-0.3, -0.25) is 0 Å². The molecule has 2 aromatic rings. The van der Waals surface area contributed by atoms with Gasteiger partial charge >= 0.3 is 0 Å². The monoisotopic (exact) mass is 222 g/mol. The standard InChI is InChI=1S/C12H15ClN2/c1-14-6-5-9-8-15(2)12-7-10(13)3-4-11(9)12/h3-4,7-8,14H,5-6H2,1-2H3. The lowest BCUT2D eigenvalue weighted by Gasteiger charge is -1.98. The molecule has 1 heterocycles. The minimum absolute atomic E-state index is 0.795. The number of aromatic nitrogens is 1. The molecule has 2 rings (SSSR count). The van der Waals surface area contributed by atoms with E-state index in [1.165, 1.54) is 16.5 Å². The van der Waals surface area contributed by atoms with E-state index in [2.05, 4.69) is 29.2 Å². The normalized spacial score (nSPS) is 11.1. The van der Waals surface area contributed by atoms with Gasteiger partial charge in [0, 0.05) is 29.2 Å². The maximum absolute atomic E-state index is 5.98. The largest absolute Gasteiger partial charge is 0.350 e. The van der Waals surface area contributed by atoms with Crippen LogP contribution in [0, 0.1) is 0 Å². The zero-order valence-corrected chi connectivity index (χ0v) is 9.80. The van der Waals surface area contributed by atoms with Crippen LogP contribution in [0.15, 0.2) is 24.4 Å². The second-order valence-electron chi connectivity index (χ2n) is 3.78. The lowest BCUT2D eigenvalue weighted by molar-refractivity contribution is 0.791. The third-order valence-corrected chi connectivity index (χ3v) is 2.91. The molecule has 0 saturated carbocycles. The topological polar surface area (TPSA) is 17.0 Å². The number of nitrogens with one attached hydrogen (secondary N) is 1. The van der Waals surface area contributed by atoms with E-state index in [4.69, 9.17) is 11.6 Å². The van der Waals surface area contributed by atoms with Crippen molar-refractivity contribution in [3.8, 4) is 0 Å². The first-order valence-corrected chi connectivity index (χ1v) is 5.48. The average Bonchev–Trinajstić information content (AvgIpc) is 2.53. The van der Waals surface area contributed by atoms with E-state index in [1.54, 1.807) is 0 Å². The molecule has 15 heavy (non-hydrogen) atoms. The summed E-state index contributed by atoms with van der Waals surface area (Å²) in [6, 6.07) is 6.06. The SMILES string of the molecule is CNCCc1cn(C)c2cc(Cl)ccc12. The fourth-order valence-electron chi connectivity index (χ4n) is 1.90. The molecule has 1 N–H and O–H groups in total. The molecule has 0 radical (unpaired) electrons. The first kappa shape index (κ1) is 10.5. The van der Waals surface area contributed by atoms with Gasteiger partial charge in [0.2, 0.25) is 0 Å². The van der Waals surface area contributed by atoms with Gasteiger partial charge in [0.15, 0.2) is 0 Å². The molecule has 0 amide bonds. The van der Waals surface area contributed by atoms with Crippen molar-refractivity contribution in [3.63, 3.8) is 0 Å². The molecule has 0 spiro atoms. The van der Waals surface area contributed by atoms with Crippen molar-refractivity contribution in [3.05, 3.63) is 35.0 Å². The van der Waals surface area contributed by atoms with Crippen molar-refractivity contribution in [1.29, 1.82) is 0 Å². The molecule has 0 unspecified atom stereocenters. The molecular weight excluding hydrogens is 208 g/mol. The van der Waals surface area contributed by atoms with E-state index in [0.717, 1.165) is 18.0 Å². The summed E-state index contributed by atoms with van der Waals surface area (Å²) in [4.78, 5) is 0. The van der Waals surface area contributed by atoms with Crippen LogP contribution < -0.4 is 5.32 Å². The summed E-state index contributed by atoms with van der Waals surface area (Å²) in [5, 5.41) is 5.26. The summed E-state index contributed by atoms with van der Waals surface area (Å²) in [6.07, 6.45) is 3.23. The van der Waals surface area contributed by atoms with E-state index in [9.17, 15) is 0 Å². The molecule has 1 aromatic heterocycles. The van der Waals surface area contributed by atoms with Gasteiger partial charge in [-0.2, -0.15) is 0 Å². The molecule has 1 aromatic carbocycles. The minimum atomic E-state index is 0.795. The Balaban J connectivity index is 2.48. The number of halogens is 1. The highest BCUT2D eigenvalue weighted by atomic mass is 35.5. The van der Waals surface area contributed by atoms with Gasteiger partial charge in [-0.1, -0.05) is 17.7 Å². The molecule has 0 bridgehead atoms. The molecule has 3 heteroatoms. The Morgan fingerprint density at radius 2 is 2.20 bits per heavy atom. The Labute approximate surface area is 94.8 Å². The highest BCUT2D eigenvalue weighted by Crippen LogP contribution is 2.24. The number of fused-ring (bicyclic) bond motifs is 1. The number of rotatable bonds is 3. The zero-order valence-electron chi connectivity index (χ0n) is 9.05. The van der Waals surface area contributed by atoms with Gasteiger partial charge in [0.1, 0.15) is 0 Å². The Hall–Kier alpha value is -0.990. The fourth-order valence-corrected chi connectivity index (χ4v) is 2.07. The average molecular weight is 223 g/mol. The highest BCUT2D eigenvalue weighted by molar-refractivity contribution is 6.31. The first-order valence-electron chi connectivity index (χ1n) is 5.10. The summed E-state index contributed by atoms with van der Waals surface area (Å²) in [7, 11) is 4.03. The van der Waals surface area contributed by atoms with Gasteiger partial charge in [-0.05, 0) is 37.7 Å². The molecule has 0 aliphatic heterocycles. The Bertz CT molecular complexity index is 474. The van der Waals surface area contributed by atoms with Crippen molar-refractivity contribution in [2.75, 3.05) is 13.6 Å². The highest BCUT2D eigenvalue weighted by Gasteiger charge is 2.05. The van der Waals surface area contributed by atoms with Crippen LogP contribution in [0.3, 0.4) is 0 Å². The lowest BCUT2D eigenvalue weighted by Crippen LogP contribution is -2.09. The smallest absolute Gasteiger partial charge is 0.0495 e. The van der Waals surface area contributed by atoms with Crippen LogP contribution in [0.2, 0.25) is 5.02 Å². The predicted molar refractivity (Wildman–Crippen MR) is 65.6 cm³/mol. The van der Waals surface area contributed by atoms with Gasteiger partial charge in [-0.25, -0.2) is 0 Å². The van der Waals surface area contributed by atoms with Crippen LogP contribution in [0.25, 0.3) is 10.9 Å². The number of likely N-dealkylation sites (N-methyl/N-ethyl adjacent to an activating group) is 1. The number of hydrogen-bond acceptors (Lipinski definition) is 1. The quantitative estimate of drug-likeness (QED) is 0.845. The number of nitrogens with zero attached hydrogens (tertiary/aromatic N) is 1. The van der Waals surface area contributed by atoms with Crippen molar-refractivity contribution >= 4 is 22.5 Å². The molecular formula is C12H15ClN2. The van der Waals surface area contributed by atoms with Gasteiger partial charge in [0.25, 0.3) is 0 Å². The Morgan fingerprint density at radius 1 is 1.40 bits per heavy atom. The number of benzene rings is 1. The van der Waals surface area contributed by atoms with Crippen LogP contribution >= 0.6 is 11.6 Å². The predicted octanol–water partition coefficient (Wildman–Crippen LogP) is 2.59. The summed E-state index contributed by atoms with van der Waals surface area (Å²) < 4.78 is 2.13. The molecule has 2 nitrogen and oxygen atoms in total. The van der Waals surface area contributed by atoms with E-state index in [1.807, 2.05) is 19.2 Å². The molecule has 0 saturated heterocycles. The maximum atomic E-state index is 5.98. The van der Waals surface area contributed by atoms with Gasteiger partial charge in [-0.15, -0.1) is 0 Å². The van der Waals surface area contributed by atoms with Gasteiger partial charge in [0.05, 0.1) is 0 Å². The Kier molecular flexibility index (Phi) is 2.98. The van der Waals surface area contributed by atoms with Crippen LogP contribution in [0.5, 0.6) is 0 Å². The van der Waals surface area contributed by atoms with E-state index < -0.39 is 0 Å². The van der Waals surface area contributed by atoms with E-state index >= 15 is 0 Å². The van der Waals surface area contributed by atoms with E-state index in [0.29, 0.717) is 0 Å². The molecule has 0 aliphatic carbocycles. The van der Waals surface area contributed by atoms with Crippen LogP contribution in [-0.4, -0.2) is 18.2 Å². The summed E-state index contributed by atoms with van der Waals surface area (Å²) in [6.45, 7) is 1.00. The fraction of sp³-hybridized carbons (Fsp3) is 0.333. The second-order valence-corrected chi connectivity index (χ2v) is 4.22. The van der Waals surface area contributed by atoms with Crippen LogP contribution in [0.4, 0.5) is 0 Å². The van der Waals surface area contributed by atoms with Crippen LogP contribution in [0.1, 0.15) is 5.56 Å². The molecule has 80 valence electrons. The molecule has 0 aliphatic rings. The number of hydrogen-bond donors (Lipinski definition) is 1. The summed E-state index contributed by atoms with van der Waals surface area (Å²) >= 11 is 5.98. The summed E-state index contributed by atoms with van der Waals surface area (Å²) in [5.41, 5.74) is 2.58. The third kappa shape index (κ3) is 2.01. The lowest BCUT2D eigenvalue weighted by atomic mass is 10.1. The van der Waals surface area contributed by atoms with Crippen molar-refractivity contribution in [2.24, 2.45) is 7.05 Å². The second kappa shape index (κ2) is 4.25. The van der Waals surface area contributed by atoms with E-state index in [-0.39, 0.29) is 0 Å². The Morgan fingerprint density at radius 3 is 2.93 bits per heavy atom. The maximum Gasteiger partial charge on any atom is 0.0495 e. The van der Waals surface area contributed by atoms with Crippen molar-refractivity contribution < 1.29 is 0 Å². The van der Waals surface area contributed by atoms with Crippen LogP contribution in [-0.2, 0) is 13.5 Å². The molecule has 0 fully saturated rings. The van der Waals surface area contributed by atoms with Crippen molar-refractivity contribution in [1.82, 2.24) is 9.88 Å². The van der Waals surface area contributed by atoms with Gasteiger partial charge < -0.3 is 9.88 Å². The minimum Gasteiger partial charge on any atom is -0.350 e.